The standard InChI is InChI=1S/C22H27F2NO3S/c1-17-8-10-19(11-9-17)29(26,27)25-14-12-18(13-15-25)5-2-3-16-28-22-20(23)6-4-7-21(22)24/h4,6-11,18H,2-3,5,12-16H2,1H3. The summed E-state index contributed by atoms with van der Waals surface area (Å²) in [6, 6.07) is 10.6. The molecule has 158 valence electrons. The van der Waals surface area contributed by atoms with Gasteiger partial charge in [-0.25, -0.2) is 17.2 Å². The zero-order valence-corrected chi connectivity index (χ0v) is 17.4. The van der Waals surface area contributed by atoms with Crippen molar-refractivity contribution in [1.29, 1.82) is 0 Å². The fourth-order valence-corrected chi connectivity index (χ4v) is 5.10. The summed E-state index contributed by atoms with van der Waals surface area (Å²) in [5, 5.41) is 0. The van der Waals surface area contributed by atoms with Crippen LogP contribution in [0.2, 0.25) is 0 Å². The summed E-state index contributed by atoms with van der Waals surface area (Å²) in [5.41, 5.74) is 1.03. The number of ether oxygens (including phenoxy) is 1. The Balaban J connectivity index is 1.39. The number of halogens is 2. The van der Waals surface area contributed by atoms with E-state index in [1.54, 1.807) is 16.4 Å². The van der Waals surface area contributed by atoms with Gasteiger partial charge in [0.15, 0.2) is 17.4 Å². The lowest BCUT2D eigenvalue weighted by molar-refractivity contribution is 0.243. The molecule has 29 heavy (non-hydrogen) atoms. The van der Waals surface area contributed by atoms with Gasteiger partial charge in [0.05, 0.1) is 11.5 Å². The lowest BCUT2D eigenvalue weighted by Gasteiger charge is -2.31. The van der Waals surface area contributed by atoms with Gasteiger partial charge in [0.25, 0.3) is 0 Å². The minimum absolute atomic E-state index is 0.262. The van der Waals surface area contributed by atoms with Gasteiger partial charge in [0, 0.05) is 13.1 Å². The fourth-order valence-electron chi connectivity index (χ4n) is 3.63. The third kappa shape index (κ3) is 5.54. The topological polar surface area (TPSA) is 46.6 Å². The molecule has 0 atom stereocenters. The monoisotopic (exact) mass is 423 g/mol. The molecule has 1 heterocycles. The maximum absolute atomic E-state index is 13.5. The highest BCUT2D eigenvalue weighted by atomic mass is 32.2. The molecule has 1 aliphatic heterocycles. The average molecular weight is 424 g/mol. The van der Waals surface area contributed by atoms with E-state index < -0.39 is 21.7 Å². The second-order valence-electron chi connectivity index (χ2n) is 7.56. The third-order valence-electron chi connectivity index (χ3n) is 5.40. The number of aryl methyl sites for hydroxylation is 1. The molecule has 0 N–H and O–H groups in total. The second-order valence-corrected chi connectivity index (χ2v) is 9.49. The van der Waals surface area contributed by atoms with Gasteiger partial charge in [-0.15, -0.1) is 0 Å². The summed E-state index contributed by atoms with van der Waals surface area (Å²) < 4.78 is 59.3. The summed E-state index contributed by atoms with van der Waals surface area (Å²) in [6.45, 7) is 3.24. The van der Waals surface area contributed by atoms with Crippen LogP contribution in [0.25, 0.3) is 0 Å². The van der Waals surface area contributed by atoms with E-state index in [9.17, 15) is 17.2 Å². The molecule has 1 aliphatic rings. The Morgan fingerprint density at radius 1 is 1.00 bits per heavy atom. The van der Waals surface area contributed by atoms with Crippen LogP contribution in [-0.2, 0) is 10.0 Å². The lowest BCUT2D eigenvalue weighted by atomic mass is 9.92. The molecule has 0 aromatic heterocycles. The number of unbranched alkanes of at least 4 members (excludes halogenated alkanes) is 1. The lowest BCUT2D eigenvalue weighted by Crippen LogP contribution is -2.38. The maximum Gasteiger partial charge on any atom is 0.243 e. The third-order valence-corrected chi connectivity index (χ3v) is 7.32. The highest BCUT2D eigenvalue weighted by Gasteiger charge is 2.29. The van der Waals surface area contributed by atoms with E-state index in [1.807, 2.05) is 19.1 Å². The van der Waals surface area contributed by atoms with Gasteiger partial charge in [0.1, 0.15) is 0 Å². The van der Waals surface area contributed by atoms with Crippen molar-refractivity contribution in [2.45, 2.75) is 43.9 Å². The number of hydrogen-bond donors (Lipinski definition) is 0. The van der Waals surface area contributed by atoms with Crippen LogP contribution in [-0.4, -0.2) is 32.4 Å². The number of benzene rings is 2. The molecule has 0 spiro atoms. The van der Waals surface area contributed by atoms with Crippen LogP contribution in [0, 0.1) is 24.5 Å². The van der Waals surface area contributed by atoms with E-state index in [0.29, 0.717) is 30.3 Å². The Hall–Kier alpha value is -1.99. The average Bonchev–Trinajstić information content (AvgIpc) is 2.70. The van der Waals surface area contributed by atoms with Crippen LogP contribution in [0.5, 0.6) is 5.75 Å². The number of rotatable bonds is 8. The van der Waals surface area contributed by atoms with Crippen LogP contribution >= 0.6 is 0 Å². The molecule has 0 radical (unpaired) electrons. The van der Waals surface area contributed by atoms with E-state index >= 15 is 0 Å². The summed E-state index contributed by atoms with van der Waals surface area (Å²) in [7, 11) is -3.43. The van der Waals surface area contributed by atoms with Crippen molar-refractivity contribution in [1.82, 2.24) is 4.31 Å². The number of nitrogens with zero attached hydrogens (tertiary/aromatic N) is 1. The normalized spacial score (nSPS) is 16.1. The van der Waals surface area contributed by atoms with Crippen LogP contribution in [0.1, 0.15) is 37.7 Å². The number of hydrogen-bond acceptors (Lipinski definition) is 3. The maximum atomic E-state index is 13.5. The molecular weight excluding hydrogens is 396 g/mol. The van der Waals surface area contributed by atoms with Crippen molar-refractivity contribution in [2.75, 3.05) is 19.7 Å². The van der Waals surface area contributed by atoms with E-state index in [4.69, 9.17) is 4.74 Å². The number of para-hydroxylation sites is 1. The SMILES string of the molecule is Cc1ccc(S(=O)(=O)N2CCC(CCCCOc3c(F)cccc3F)CC2)cc1. The molecule has 7 heteroatoms. The van der Waals surface area contributed by atoms with Crippen molar-refractivity contribution in [3.05, 3.63) is 59.7 Å². The Labute approximate surface area is 171 Å². The fraction of sp³-hybridized carbons (Fsp3) is 0.455. The first kappa shape index (κ1) is 21.7. The van der Waals surface area contributed by atoms with Gasteiger partial charge in [0.2, 0.25) is 10.0 Å². The molecule has 1 fully saturated rings. The highest BCUT2D eigenvalue weighted by Crippen LogP contribution is 2.27. The van der Waals surface area contributed by atoms with E-state index in [0.717, 1.165) is 31.2 Å². The van der Waals surface area contributed by atoms with Crippen molar-refractivity contribution in [3.63, 3.8) is 0 Å². The summed E-state index contributed by atoms with van der Waals surface area (Å²) >= 11 is 0. The van der Waals surface area contributed by atoms with Crippen molar-refractivity contribution >= 4 is 10.0 Å². The molecule has 2 aromatic rings. The van der Waals surface area contributed by atoms with Crippen LogP contribution < -0.4 is 4.74 Å². The van der Waals surface area contributed by atoms with Gasteiger partial charge in [-0.3, -0.25) is 0 Å². The Morgan fingerprint density at radius 2 is 1.62 bits per heavy atom. The Bertz CT molecular complexity index is 888. The van der Waals surface area contributed by atoms with Crippen molar-refractivity contribution in [3.8, 4) is 5.75 Å². The molecule has 3 rings (SSSR count). The minimum atomic E-state index is -3.43. The largest absolute Gasteiger partial charge is 0.488 e. The first-order valence-corrected chi connectivity index (χ1v) is 11.5. The van der Waals surface area contributed by atoms with Crippen LogP contribution in [0.15, 0.2) is 47.4 Å². The predicted octanol–water partition coefficient (Wildman–Crippen LogP) is 4.92. The van der Waals surface area contributed by atoms with E-state index in [1.165, 1.54) is 18.2 Å². The first-order valence-electron chi connectivity index (χ1n) is 10.0. The van der Waals surface area contributed by atoms with E-state index in [2.05, 4.69) is 0 Å². The molecule has 0 saturated carbocycles. The highest BCUT2D eigenvalue weighted by molar-refractivity contribution is 7.89. The minimum Gasteiger partial charge on any atom is -0.488 e. The summed E-state index contributed by atoms with van der Waals surface area (Å²) in [5.74, 6) is -1.23. The molecule has 0 amide bonds. The summed E-state index contributed by atoms with van der Waals surface area (Å²) in [6.07, 6.45) is 4.20. The summed E-state index contributed by atoms with van der Waals surface area (Å²) in [4.78, 5) is 0.346. The zero-order valence-electron chi connectivity index (χ0n) is 16.6. The molecule has 0 unspecified atom stereocenters. The Morgan fingerprint density at radius 3 is 2.24 bits per heavy atom. The predicted molar refractivity (Wildman–Crippen MR) is 108 cm³/mol. The van der Waals surface area contributed by atoms with E-state index in [-0.39, 0.29) is 12.4 Å². The quantitative estimate of drug-likeness (QED) is 0.566. The molecule has 4 nitrogen and oxygen atoms in total. The smallest absolute Gasteiger partial charge is 0.243 e. The van der Waals surface area contributed by atoms with Gasteiger partial charge < -0.3 is 4.74 Å². The van der Waals surface area contributed by atoms with Crippen LogP contribution in [0.3, 0.4) is 0 Å². The number of piperidine rings is 1. The van der Waals surface area contributed by atoms with Gasteiger partial charge in [-0.05, 0) is 62.8 Å². The molecular formula is C22H27F2NO3S. The first-order chi connectivity index (χ1) is 13.9. The Kier molecular flexibility index (Phi) is 7.24. The van der Waals surface area contributed by atoms with Crippen molar-refractivity contribution < 1.29 is 21.9 Å². The van der Waals surface area contributed by atoms with Crippen LogP contribution in [0.4, 0.5) is 8.78 Å². The molecule has 1 saturated heterocycles. The molecule has 0 bridgehead atoms. The van der Waals surface area contributed by atoms with Gasteiger partial charge in [-0.1, -0.05) is 30.2 Å². The zero-order chi connectivity index (χ0) is 20.9. The van der Waals surface area contributed by atoms with Gasteiger partial charge in [-0.2, -0.15) is 4.31 Å². The molecule has 0 aliphatic carbocycles. The number of sulfonamides is 1. The van der Waals surface area contributed by atoms with Crippen molar-refractivity contribution in [2.24, 2.45) is 5.92 Å². The second kappa shape index (κ2) is 9.67. The molecule has 2 aromatic carbocycles. The van der Waals surface area contributed by atoms with Gasteiger partial charge >= 0.3 is 0 Å².